The van der Waals surface area contributed by atoms with Crippen molar-refractivity contribution in [3.8, 4) is 0 Å². The highest BCUT2D eigenvalue weighted by Gasteiger charge is 2.36. The maximum atomic E-state index is 13.4. The quantitative estimate of drug-likeness (QED) is 0.756. The van der Waals surface area contributed by atoms with E-state index in [4.69, 9.17) is 0 Å². The van der Waals surface area contributed by atoms with Crippen molar-refractivity contribution in [2.75, 3.05) is 26.0 Å². The Balaban J connectivity index is 1.99. The molecule has 8 nitrogen and oxygen atoms in total. The molecular formula is C21H29N5O3S. The first kappa shape index (κ1) is 22.2. The summed E-state index contributed by atoms with van der Waals surface area (Å²) in [6.07, 6.45) is 2.36. The van der Waals surface area contributed by atoms with Gasteiger partial charge in [0.05, 0.1) is 23.2 Å². The molecule has 1 saturated heterocycles. The molecule has 1 aromatic carbocycles. The lowest BCUT2D eigenvalue weighted by atomic mass is 10.0. The SMILES string of the molecule is CNc1cc(CN(C)C(C)=O)nc([C@@H]2CCCCN2S(=O)(=O)c2ccc(C)cc2)n1. The summed E-state index contributed by atoms with van der Waals surface area (Å²) in [4.78, 5) is 22.7. The summed E-state index contributed by atoms with van der Waals surface area (Å²) < 4.78 is 28.3. The van der Waals surface area contributed by atoms with Gasteiger partial charge in [0.1, 0.15) is 11.6 Å². The number of rotatable bonds is 6. The van der Waals surface area contributed by atoms with Gasteiger partial charge in [-0.1, -0.05) is 24.1 Å². The predicted molar refractivity (Wildman–Crippen MR) is 115 cm³/mol. The van der Waals surface area contributed by atoms with Crippen molar-refractivity contribution < 1.29 is 13.2 Å². The van der Waals surface area contributed by atoms with Crippen LogP contribution in [0.3, 0.4) is 0 Å². The van der Waals surface area contributed by atoms with Gasteiger partial charge in [-0.25, -0.2) is 18.4 Å². The lowest BCUT2D eigenvalue weighted by Gasteiger charge is -2.34. The minimum absolute atomic E-state index is 0.0672. The van der Waals surface area contributed by atoms with Gasteiger partial charge in [0, 0.05) is 33.6 Å². The van der Waals surface area contributed by atoms with Gasteiger partial charge in [-0.05, 0) is 31.9 Å². The van der Waals surface area contributed by atoms with Gasteiger partial charge in [0.15, 0.2) is 0 Å². The molecule has 9 heteroatoms. The highest BCUT2D eigenvalue weighted by atomic mass is 32.2. The van der Waals surface area contributed by atoms with Crippen LogP contribution in [0.5, 0.6) is 0 Å². The van der Waals surface area contributed by atoms with Crippen LogP contribution in [0.1, 0.15) is 49.3 Å². The second-order valence-electron chi connectivity index (χ2n) is 7.67. The van der Waals surface area contributed by atoms with Gasteiger partial charge in [0.2, 0.25) is 15.9 Å². The molecule has 3 rings (SSSR count). The van der Waals surface area contributed by atoms with Crippen molar-refractivity contribution in [3.63, 3.8) is 0 Å². The van der Waals surface area contributed by atoms with Crippen LogP contribution in [0, 0.1) is 6.92 Å². The number of nitrogens with one attached hydrogen (secondary N) is 1. The van der Waals surface area contributed by atoms with E-state index in [1.165, 1.54) is 11.2 Å². The largest absolute Gasteiger partial charge is 0.373 e. The maximum Gasteiger partial charge on any atom is 0.243 e. The van der Waals surface area contributed by atoms with E-state index in [0.29, 0.717) is 36.8 Å². The van der Waals surface area contributed by atoms with E-state index in [-0.39, 0.29) is 10.8 Å². The van der Waals surface area contributed by atoms with E-state index in [0.717, 1.165) is 18.4 Å². The fraction of sp³-hybridized carbons (Fsp3) is 0.476. The summed E-state index contributed by atoms with van der Waals surface area (Å²) in [6.45, 7) is 4.18. The number of piperidine rings is 1. The lowest BCUT2D eigenvalue weighted by Crippen LogP contribution is -2.39. The van der Waals surface area contributed by atoms with Gasteiger partial charge >= 0.3 is 0 Å². The highest BCUT2D eigenvalue weighted by Crippen LogP contribution is 2.34. The van der Waals surface area contributed by atoms with Crippen molar-refractivity contribution in [2.24, 2.45) is 0 Å². The van der Waals surface area contributed by atoms with Crippen LogP contribution < -0.4 is 5.32 Å². The number of carbonyl (C=O) groups excluding carboxylic acids is 1. The minimum atomic E-state index is -3.68. The Hall–Kier alpha value is -2.52. The van der Waals surface area contributed by atoms with Crippen molar-refractivity contribution >= 4 is 21.7 Å². The molecule has 0 radical (unpaired) electrons. The fourth-order valence-electron chi connectivity index (χ4n) is 3.53. The molecule has 1 aliphatic heterocycles. The van der Waals surface area contributed by atoms with Crippen molar-refractivity contribution in [2.45, 2.75) is 50.6 Å². The van der Waals surface area contributed by atoms with Gasteiger partial charge < -0.3 is 10.2 Å². The van der Waals surface area contributed by atoms with Gasteiger partial charge in [0.25, 0.3) is 0 Å². The zero-order chi connectivity index (χ0) is 21.9. The Labute approximate surface area is 178 Å². The molecule has 2 aromatic rings. The van der Waals surface area contributed by atoms with Crippen LogP contribution in [0.2, 0.25) is 0 Å². The fourth-order valence-corrected chi connectivity index (χ4v) is 5.18. The topological polar surface area (TPSA) is 95.5 Å². The molecule has 1 atom stereocenters. The van der Waals surface area contributed by atoms with Crippen LogP contribution in [-0.4, -0.2) is 54.1 Å². The standard InChI is InChI=1S/C21H29N5O3S/c1-15-8-10-18(11-9-15)30(28,29)26-12-6-5-7-19(26)21-23-17(13-20(22-3)24-21)14-25(4)16(2)27/h8-11,13,19H,5-7,12,14H2,1-4H3,(H,22,23,24)/t19-/m0/s1. The molecule has 0 unspecified atom stereocenters. The molecular weight excluding hydrogens is 402 g/mol. The summed E-state index contributed by atoms with van der Waals surface area (Å²) in [7, 11) is -0.214. The number of sulfonamides is 1. The summed E-state index contributed by atoms with van der Waals surface area (Å²) in [5, 5.41) is 3.02. The second-order valence-corrected chi connectivity index (χ2v) is 9.56. The molecule has 1 aliphatic rings. The van der Waals surface area contributed by atoms with E-state index in [1.807, 2.05) is 6.92 Å². The zero-order valence-electron chi connectivity index (χ0n) is 17.9. The first-order chi connectivity index (χ1) is 14.2. The molecule has 1 amide bonds. The monoisotopic (exact) mass is 431 g/mol. The number of aryl methyl sites for hydroxylation is 1. The van der Waals surface area contributed by atoms with E-state index in [9.17, 15) is 13.2 Å². The Bertz CT molecular complexity index is 1010. The molecule has 30 heavy (non-hydrogen) atoms. The first-order valence-corrected chi connectivity index (χ1v) is 11.5. The van der Waals surface area contributed by atoms with Crippen LogP contribution >= 0.6 is 0 Å². The molecule has 0 spiro atoms. The van der Waals surface area contributed by atoms with Crippen LogP contribution in [0.15, 0.2) is 35.2 Å². The molecule has 0 bridgehead atoms. The van der Waals surface area contributed by atoms with Crippen LogP contribution in [0.4, 0.5) is 5.82 Å². The zero-order valence-corrected chi connectivity index (χ0v) is 18.7. The Morgan fingerprint density at radius 3 is 2.57 bits per heavy atom. The third-order valence-corrected chi connectivity index (χ3v) is 7.29. The van der Waals surface area contributed by atoms with Gasteiger partial charge in [-0.15, -0.1) is 0 Å². The number of carbonyl (C=O) groups is 1. The van der Waals surface area contributed by atoms with Crippen LogP contribution in [0.25, 0.3) is 0 Å². The molecule has 162 valence electrons. The molecule has 2 heterocycles. The number of nitrogens with zero attached hydrogens (tertiary/aromatic N) is 4. The predicted octanol–water partition coefficient (Wildman–Crippen LogP) is 2.72. The van der Waals surface area contributed by atoms with E-state index in [1.54, 1.807) is 49.3 Å². The highest BCUT2D eigenvalue weighted by molar-refractivity contribution is 7.89. The molecule has 1 fully saturated rings. The first-order valence-electron chi connectivity index (χ1n) is 10.1. The number of anilines is 1. The Morgan fingerprint density at radius 2 is 1.93 bits per heavy atom. The number of hydrogen-bond acceptors (Lipinski definition) is 6. The Morgan fingerprint density at radius 1 is 1.23 bits per heavy atom. The summed E-state index contributed by atoms with van der Waals surface area (Å²) in [5.41, 5.74) is 1.67. The van der Waals surface area contributed by atoms with Gasteiger partial charge in [-0.2, -0.15) is 4.31 Å². The molecule has 0 saturated carbocycles. The van der Waals surface area contributed by atoms with Crippen molar-refractivity contribution in [1.29, 1.82) is 0 Å². The normalized spacial score (nSPS) is 17.5. The van der Waals surface area contributed by atoms with Gasteiger partial charge in [-0.3, -0.25) is 4.79 Å². The number of hydrogen-bond donors (Lipinski definition) is 1. The maximum absolute atomic E-state index is 13.4. The van der Waals surface area contributed by atoms with E-state index < -0.39 is 16.1 Å². The average Bonchev–Trinajstić information content (AvgIpc) is 2.73. The smallest absolute Gasteiger partial charge is 0.243 e. The lowest BCUT2D eigenvalue weighted by molar-refractivity contribution is -0.128. The molecule has 0 aliphatic carbocycles. The second kappa shape index (κ2) is 9.09. The Kier molecular flexibility index (Phi) is 6.72. The molecule has 1 N–H and O–H groups in total. The minimum Gasteiger partial charge on any atom is -0.373 e. The van der Waals surface area contributed by atoms with E-state index >= 15 is 0 Å². The summed E-state index contributed by atoms with van der Waals surface area (Å²) >= 11 is 0. The third kappa shape index (κ3) is 4.79. The summed E-state index contributed by atoms with van der Waals surface area (Å²) in [6, 6.07) is 8.24. The number of amides is 1. The summed E-state index contributed by atoms with van der Waals surface area (Å²) in [5.74, 6) is 0.997. The van der Waals surface area contributed by atoms with Crippen molar-refractivity contribution in [1.82, 2.24) is 19.2 Å². The number of benzene rings is 1. The van der Waals surface area contributed by atoms with E-state index in [2.05, 4.69) is 15.3 Å². The molecule has 1 aromatic heterocycles. The number of aromatic nitrogens is 2. The van der Waals surface area contributed by atoms with Crippen LogP contribution in [-0.2, 0) is 21.4 Å². The van der Waals surface area contributed by atoms with Crippen molar-refractivity contribution in [3.05, 3.63) is 47.4 Å². The average molecular weight is 432 g/mol. The third-order valence-electron chi connectivity index (χ3n) is 5.37.